The second-order valence-electron chi connectivity index (χ2n) is 8.32. The van der Waals surface area contributed by atoms with Crippen LogP contribution in [0.3, 0.4) is 0 Å². The fourth-order valence-corrected chi connectivity index (χ4v) is 4.83. The van der Waals surface area contributed by atoms with Crippen LogP contribution in [0.2, 0.25) is 0 Å². The van der Waals surface area contributed by atoms with Crippen molar-refractivity contribution >= 4 is 17.3 Å². The van der Waals surface area contributed by atoms with E-state index >= 15 is 0 Å². The fraction of sp³-hybridized carbons (Fsp3) is 0.458. The van der Waals surface area contributed by atoms with Crippen molar-refractivity contribution in [3.63, 3.8) is 0 Å². The lowest BCUT2D eigenvalue weighted by Crippen LogP contribution is -2.47. The van der Waals surface area contributed by atoms with Gasteiger partial charge in [-0.1, -0.05) is 49.7 Å². The predicted molar refractivity (Wildman–Crippen MR) is 113 cm³/mol. The number of carboxylic acids is 1. The third kappa shape index (κ3) is 3.93. The summed E-state index contributed by atoms with van der Waals surface area (Å²) in [6, 6.07) is 17.1. The van der Waals surface area contributed by atoms with Gasteiger partial charge in [-0.2, -0.15) is 0 Å². The van der Waals surface area contributed by atoms with E-state index in [0.29, 0.717) is 5.92 Å². The molecule has 2 aromatic rings. The lowest BCUT2D eigenvalue weighted by atomic mass is 9.99. The van der Waals surface area contributed by atoms with Gasteiger partial charge in [-0.3, -0.25) is 9.69 Å². The minimum Gasteiger partial charge on any atom is -0.480 e. The monoisotopic (exact) mass is 378 g/mol. The smallest absolute Gasteiger partial charge is 0.320 e. The molecular weight excluding hydrogens is 348 g/mol. The van der Waals surface area contributed by atoms with Crippen LogP contribution >= 0.6 is 0 Å². The van der Waals surface area contributed by atoms with E-state index in [4.69, 9.17) is 0 Å². The van der Waals surface area contributed by atoms with Crippen LogP contribution < -0.4 is 4.90 Å². The first-order chi connectivity index (χ1) is 13.6. The molecule has 1 N–H and O–H groups in total. The van der Waals surface area contributed by atoms with Gasteiger partial charge in [-0.25, -0.2) is 0 Å². The van der Waals surface area contributed by atoms with Crippen LogP contribution in [0.15, 0.2) is 48.5 Å². The summed E-state index contributed by atoms with van der Waals surface area (Å²) in [6.07, 6.45) is 5.02. The lowest BCUT2D eigenvalue weighted by molar-refractivity contribution is -0.144. The first-order valence-electron chi connectivity index (χ1n) is 10.5. The molecule has 2 aromatic carbocycles. The third-order valence-electron chi connectivity index (χ3n) is 6.17. The first kappa shape index (κ1) is 19.0. The summed E-state index contributed by atoms with van der Waals surface area (Å²) in [5, 5.41) is 9.59. The van der Waals surface area contributed by atoms with E-state index in [1.165, 1.54) is 22.5 Å². The molecule has 0 amide bonds. The predicted octanol–water partition coefficient (Wildman–Crippen LogP) is 4.50. The Hall–Kier alpha value is -2.33. The zero-order valence-electron chi connectivity index (χ0n) is 16.7. The van der Waals surface area contributed by atoms with Crippen molar-refractivity contribution in [1.82, 2.24) is 4.90 Å². The van der Waals surface area contributed by atoms with Crippen molar-refractivity contribution in [3.8, 4) is 0 Å². The summed E-state index contributed by atoms with van der Waals surface area (Å²) in [5.74, 6) is -0.295. The van der Waals surface area contributed by atoms with Crippen LogP contribution in [0.25, 0.3) is 0 Å². The molecule has 1 fully saturated rings. The van der Waals surface area contributed by atoms with Crippen molar-refractivity contribution in [2.24, 2.45) is 5.92 Å². The maximum absolute atomic E-state index is 11.7. The molecule has 0 bridgehead atoms. The molecule has 4 nitrogen and oxygen atoms in total. The Labute approximate surface area is 167 Å². The zero-order chi connectivity index (χ0) is 19.5. The Morgan fingerprint density at radius 2 is 1.61 bits per heavy atom. The quantitative estimate of drug-likeness (QED) is 0.832. The van der Waals surface area contributed by atoms with E-state index in [-0.39, 0.29) is 6.04 Å². The number of carboxylic acid groups (broad SMARTS) is 1. The number of hydrogen-bond acceptors (Lipinski definition) is 3. The summed E-state index contributed by atoms with van der Waals surface area (Å²) in [5.41, 5.74) is 5.39. The molecule has 2 unspecified atom stereocenters. The number of rotatable bonds is 5. The molecule has 2 heterocycles. The number of carbonyl (C=O) groups is 1. The Morgan fingerprint density at radius 1 is 1.00 bits per heavy atom. The molecule has 2 aliphatic heterocycles. The summed E-state index contributed by atoms with van der Waals surface area (Å²) >= 11 is 0. The number of para-hydroxylation sites is 2. The number of benzene rings is 2. The molecule has 4 heteroatoms. The second kappa shape index (κ2) is 8.36. The Bertz CT molecular complexity index is 787. The van der Waals surface area contributed by atoms with Gasteiger partial charge in [0.25, 0.3) is 0 Å². The van der Waals surface area contributed by atoms with E-state index in [1.54, 1.807) is 0 Å². The van der Waals surface area contributed by atoms with Gasteiger partial charge in [-0.05, 0) is 61.4 Å². The van der Waals surface area contributed by atoms with Gasteiger partial charge in [0.05, 0.1) is 0 Å². The van der Waals surface area contributed by atoms with Gasteiger partial charge < -0.3 is 10.0 Å². The molecule has 2 atom stereocenters. The van der Waals surface area contributed by atoms with E-state index in [0.717, 1.165) is 51.7 Å². The molecule has 4 rings (SSSR count). The number of nitrogens with zero attached hydrogens (tertiary/aromatic N) is 2. The molecule has 2 aliphatic rings. The number of aryl methyl sites for hydroxylation is 2. The molecule has 1 saturated heterocycles. The lowest BCUT2D eigenvalue weighted by Gasteiger charge is -2.36. The van der Waals surface area contributed by atoms with Crippen LogP contribution in [-0.4, -0.2) is 41.7 Å². The van der Waals surface area contributed by atoms with Crippen molar-refractivity contribution in [2.75, 3.05) is 24.5 Å². The number of fused-ring (bicyclic) bond motifs is 2. The van der Waals surface area contributed by atoms with E-state index in [2.05, 4.69) is 65.3 Å². The number of anilines is 2. The average molecular weight is 379 g/mol. The molecule has 0 spiro atoms. The number of aliphatic carboxylic acids is 1. The highest BCUT2D eigenvalue weighted by Crippen LogP contribution is 2.36. The number of hydrogen-bond donors (Lipinski definition) is 1. The Morgan fingerprint density at radius 3 is 2.21 bits per heavy atom. The summed E-state index contributed by atoms with van der Waals surface area (Å²) in [4.78, 5) is 16.3. The van der Waals surface area contributed by atoms with Crippen LogP contribution in [0.5, 0.6) is 0 Å². The summed E-state index contributed by atoms with van der Waals surface area (Å²) in [7, 11) is 0. The first-order valence-corrected chi connectivity index (χ1v) is 10.5. The van der Waals surface area contributed by atoms with Gasteiger partial charge >= 0.3 is 5.97 Å². The summed E-state index contributed by atoms with van der Waals surface area (Å²) < 4.78 is 0. The van der Waals surface area contributed by atoms with Gasteiger partial charge in [0, 0.05) is 24.5 Å². The maximum atomic E-state index is 11.7. The maximum Gasteiger partial charge on any atom is 0.320 e. The van der Waals surface area contributed by atoms with Crippen molar-refractivity contribution in [2.45, 2.75) is 45.1 Å². The van der Waals surface area contributed by atoms with Gasteiger partial charge in [0.2, 0.25) is 0 Å². The van der Waals surface area contributed by atoms with Crippen LogP contribution in [0, 0.1) is 5.92 Å². The SMILES string of the molecule is CC(CN1c2ccccc2CCc2ccccc21)CN1CCCCC1C(=O)O. The molecule has 0 aromatic heterocycles. The molecule has 0 radical (unpaired) electrons. The molecule has 0 aliphatic carbocycles. The molecule has 148 valence electrons. The van der Waals surface area contributed by atoms with Gasteiger partial charge in [0.1, 0.15) is 6.04 Å². The molecular formula is C24H30N2O2. The number of piperidine rings is 1. The molecule has 0 saturated carbocycles. The topological polar surface area (TPSA) is 43.8 Å². The molecule has 28 heavy (non-hydrogen) atoms. The highest BCUT2D eigenvalue weighted by Gasteiger charge is 2.30. The number of likely N-dealkylation sites (tertiary alicyclic amines) is 1. The van der Waals surface area contributed by atoms with E-state index < -0.39 is 5.97 Å². The van der Waals surface area contributed by atoms with Crippen LogP contribution in [0.4, 0.5) is 11.4 Å². The van der Waals surface area contributed by atoms with Crippen molar-refractivity contribution in [1.29, 1.82) is 0 Å². The van der Waals surface area contributed by atoms with Gasteiger partial charge in [0.15, 0.2) is 0 Å². The minimum atomic E-state index is -0.669. The highest BCUT2D eigenvalue weighted by atomic mass is 16.4. The standard InChI is InChI=1S/C24H30N2O2/c1-18(16-25-15-7-6-12-23(25)24(27)28)17-26-21-10-4-2-8-19(21)13-14-20-9-3-5-11-22(20)26/h2-5,8-11,18,23H,6-7,12-17H2,1H3,(H,27,28). The van der Waals surface area contributed by atoms with Crippen molar-refractivity contribution < 1.29 is 9.90 Å². The Balaban J connectivity index is 1.57. The van der Waals surface area contributed by atoms with Crippen molar-refractivity contribution in [3.05, 3.63) is 59.7 Å². The zero-order valence-corrected chi connectivity index (χ0v) is 16.7. The van der Waals surface area contributed by atoms with E-state index in [1.807, 2.05) is 0 Å². The largest absolute Gasteiger partial charge is 0.480 e. The highest BCUT2D eigenvalue weighted by molar-refractivity contribution is 5.73. The summed E-state index contributed by atoms with van der Waals surface area (Å²) in [6.45, 7) is 4.88. The van der Waals surface area contributed by atoms with Gasteiger partial charge in [-0.15, -0.1) is 0 Å². The third-order valence-corrected chi connectivity index (χ3v) is 6.17. The average Bonchev–Trinajstić information content (AvgIpc) is 2.86. The second-order valence-corrected chi connectivity index (χ2v) is 8.32. The fourth-order valence-electron chi connectivity index (χ4n) is 4.83. The van der Waals surface area contributed by atoms with E-state index in [9.17, 15) is 9.90 Å². The van der Waals surface area contributed by atoms with Crippen LogP contribution in [-0.2, 0) is 17.6 Å². The Kier molecular flexibility index (Phi) is 5.67. The minimum absolute atomic E-state index is 0.320. The van der Waals surface area contributed by atoms with Crippen LogP contribution in [0.1, 0.15) is 37.3 Å². The normalized spacial score (nSPS) is 20.8.